The minimum atomic E-state index is -0.0812. The fourth-order valence-corrected chi connectivity index (χ4v) is 3.09. The van der Waals surface area contributed by atoms with Gasteiger partial charge in [0.1, 0.15) is 5.82 Å². The van der Waals surface area contributed by atoms with Crippen LogP contribution in [-0.2, 0) is 13.0 Å². The molecule has 3 aromatic rings. The zero-order chi connectivity index (χ0) is 16.7. The molecular weight excluding hydrogens is 306 g/mol. The van der Waals surface area contributed by atoms with Crippen LogP contribution < -0.4 is 20.5 Å². The molecule has 0 atom stereocenters. The average Bonchev–Trinajstić information content (AvgIpc) is 2.79. The maximum absolute atomic E-state index is 12.7. The molecule has 6 nitrogen and oxygen atoms in total. The lowest BCUT2D eigenvalue weighted by molar-refractivity contribution is 0.354. The Hall–Kier alpha value is -3.02. The molecule has 1 aliphatic heterocycles. The van der Waals surface area contributed by atoms with Crippen LogP contribution in [0.4, 0.5) is 0 Å². The van der Waals surface area contributed by atoms with Crippen molar-refractivity contribution in [3.05, 3.63) is 63.7 Å². The molecule has 1 N–H and O–H groups in total. The van der Waals surface area contributed by atoms with Crippen molar-refractivity contribution < 1.29 is 9.47 Å². The van der Waals surface area contributed by atoms with Crippen molar-refractivity contribution in [3.63, 3.8) is 0 Å². The number of benzene rings is 2. The molecule has 24 heavy (non-hydrogen) atoms. The van der Waals surface area contributed by atoms with E-state index in [1.54, 1.807) is 25.0 Å². The van der Waals surface area contributed by atoms with Crippen molar-refractivity contribution in [2.75, 3.05) is 19.6 Å². The zero-order valence-electron chi connectivity index (χ0n) is 13.5. The number of rotatable bonds is 2. The first-order chi connectivity index (χ1) is 11.7. The van der Waals surface area contributed by atoms with Crippen LogP contribution in [0.15, 0.2) is 41.2 Å². The van der Waals surface area contributed by atoms with E-state index in [1.807, 2.05) is 30.3 Å². The summed E-state index contributed by atoms with van der Waals surface area (Å²) in [6.45, 7) is 0.516. The quantitative estimate of drug-likeness (QED) is 0.782. The summed E-state index contributed by atoms with van der Waals surface area (Å²) < 4.78 is 12.3. The highest BCUT2D eigenvalue weighted by molar-refractivity contribution is 5.77. The smallest absolute Gasteiger partial charge is 0.279 e. The van der Waals surface area contributed by atoms with E-state index in [9.17, 15) is 4.79 Å². The highest BCUT2D eigenvalue weighted by Crippen LogP contribution is 2.32. The molecule has 1 aromatic heterocycles. The Morgan fingerprint density at radius 3 is 2.54 bits per heavy atom. The SMILES string of the molecule is COc1cc2c(cc1OC)Cc1nc3ccccc3c(=O)n1NC2. The lowest BCUT2D eigenvalue weighted by Gasteiger charge is -2.12. The second-order valence-corrected chi connectivity index (χ2v) is 5.67. The van der Waals surface area contributed by atoms with E-state index in [4.69, 9.17) is 9.47 Å². The summed E-state index contributed by atoms with van der Waals surface area (Å²) in [5.74, 6) is 2.03. The molecule has 0 fully saturated rings. The van der Waals surface area contributed by atoms with Gasteiger partial charge in [0.15, 0.2) is 11.5 Å². The van der Waals surface area contributed by atoms with E-state index in [0.29, 0.717) is 41.2 Å². The van der Waals surface area contributed by atoms with Crippen LogP contribution in [0, 0.1) is 0 Å². The van der Waals surface area contributed by atoms with E-state index in [-0.39, 0.29) is 5.56 Å². The molecule has 0 unspecified atom stereocenters. The van der Waals surface area contributed by atoms with E-state index in [2.05, 4.69) is 10.4 Å². The third-order valence-corrected chi connectivity index (χ3v) is 4.33. The van der Waals surface area contributed by atoms with Gasteiger partial charge in [-0.2, -0.15) is 0 Å². The summed E-state index contributed by atoms with van der Waals surface area (Å²) in [4.78, 5) is 17.4. The van der Waals surface area contributed by atoms with E-state index in [0.717, 1.165) is 11.1 Å². The number of ether oxygens (including phenoxy) is 2. The summed E-state index contributed by atoms with van der Waals surface area (Å²) >= 11 is 0. The Morgan fingerprint density at radius 2 is 1.79 bits per heavy atom. The lowest BCUT2D eigenvalue weighted by atomic mass is 10.0. The number of hydrogen-bond donors (Lipinski definition) is 1. The van der Waals surface area contributed by atoms with Crippen LogP contribution in [0.2, 0.25) is 0 Å². The standard InChI is InChI=1S/C18H17N3O3/c1-23-15-7-11-9-17-20-14-6-4-3-5-13(14)18(22)21(17)19-10-12(11)8-16(15)24-2/h3-8,19H,9-10H2,1-2H3. The number of methoxy groups -OCH3 is 2. The maximum atomic E-state index is 12.7. The zero-order valence-corrected chi connectivity index (χ0v) is 13.5. The third-order valence-electron chi connectivity index (χ3n) is 4.33. The number of hydrogen-bond acceptors (Lipinski definition) is 5. The van der Waals surface area contributed by atoms with Crippen LogP contribution in [0.3, 0.4) is 0 Å². The lowest BCUT2D eigenvalue weighted by Crippen LogP contribution is -2.31. The molecular formula is C18H17N3O3. The van der Waals surface area contributed by atoms with Crippen molar-refractivity contribution in [3.8, 4) is 11.5 Å². The minimum absolute atomic E-state index is 0.0812. The number of nitrogens with one attached hydrogen (secondary N) is 1. The topological polar surface area (TPSA) is 65.4 Å². The normalized spacial score (nSPS) is 12.8. The molecule has 0 spiro atoms. The second kappa shape index (κ2) is 5.56. The molecule has 2 aromatic carbocycles. The predicted molar refractivity (Wildman–Crippen MR) is 91.4 cm³/mol. The molecule has 0 saturated heterocycles. The first kappa shape index (κ1) is 14.6. The Bertz CT molecular complexity index is 995. The van der Waals surface area contributed by atoms with Gasteiger partial charge in [-0.3, -0.25) is 4.79 Å². The van der Waals surface area contributed by atoms with Crippen molar-refractivity contribution in [2.45, 2.75) is 13.0 Å². The van der Waals surface area contributed by atoms with E-state index < -0.39 is 0 Å². The van der Waals surface area contributed by atoms with Crippen LogP contribution in [0.1, 0.15) is 17.0 Å². The minimum Gasteiger partial charge on any atom is -0.493 e. The maximum Gasteiger partial charge on any atom is 0.279 e. The van der Waals surface area contributed by atoms with E-state index in [1.165, 1.54) is 0 Å². The van der Waals surface area contributed by atoms with Crippen molar-refractivity contribution in [1.29, 1.82) is 0 Å². The van der Waals surface area contributed by atoms with E-state index >= 15 is 0 Å². The Labute approximate surface area is 138 Å². The summed E-state index contributed by atoms with van der Waals surface area (Å²) in [6.07, 6.45) is 0.544. The van der Waals surface area contributed by atoms with Crippen molar-refractivity contribution in [2.24, 2.45) is 0 Å². The number of para-hydroxylation sites is 1. The van der Waals surface area contributed by atoms with Crippen LogP contribution in [-0.4, -0.2) is 23.9 Å². The number of nitrogens with zero attached hydrogens (tertiary/aromatic N) is 2. The molecule has 1 aliphatic rings. The first-order valence-electron chi connectivity index (χ1n) is 7.69. The average molecular weight is 323 g/mol. The van der Waals surface area contributed by atoms with Gasteiger partial charge in [0.25, 0.3) is 5.56 Å². The van der Waals surface area contributed by atoms with Crippen LogP contribution in [0.25, 0.3) is 10.9 Å². The van der Waals surface area contributed by atoms with Crippen LogP contribution >= 0.6 is 0 Å². The molecule has 0 radical (unpaired) electrons. The molecule has 2 heterocycles. The van der Waals surface area contributed by atoms with Gasteiger partial charge in [-0.15, -0.1) is 0 Å². The van der Waals surface area contributed by atoms with Gasteiger partial charge in [-0.05, 0) is 35.4 Å². The molecule has 122 valence electrons. The van der Waals surface area contributed by atoms with Gasteiger partial charge in [0.2, 0.25) is 0 Å². The van der Waals surface area contributed by atoms with Gasteiger partial charge >= 0.3 is 0 Å². The first-order valence-corrected chi connectivity index (χ1v) is 7.69. The fraction of sp³-hybridized carbons (Fsp3) is 0.222. The largest absolute Gasteiger partial charge is 0.493 e. The van der Waals surface area contributed by atoms with Gasteiger partial charge < -0.3 is 14.9 Å². The summed E-state index contributed by atoms with van der Waals surface area (Å²) in [7, 11) is 3.23. The number of fused-ring (bicyclic) bond motifs is 3. The fourth-order valence-electron chi connectivity index (χ4n) is 3.09. The van der Waals surface area contributed by atoms with Gasteiger partial charge in [-0.25, -0.2) is 9.66 Å². The Kier molecular flexibility index (Phi) is 3.37. The monoisotopic (exact) mass is 323 g/mol. The molecule has 0 amide bonds. The second-order valence-electron chi connectivity index (χ2n) is 5.67. The summed E-state index contributed by atoms with van der Waals surface area (Å²) in [6, 6.07) is 11.3. The van der Waals surface area contributed by atoms with Gasteiger partial charge in [-0.1, -0.05) is 12.1 Å². The Morgan fingerprint density at radius 1 is 1.08 bits per heavy atom. The highest BCUT2D eigenvalue weighted by Gasteiger charge is 2.19. The van der Waals surface area contributed by atoms with Crippen LogP contribution in [0.5, 0.6) is 11.5 Å². The van der Waals surface area contributed by atoms with Gasteiger partial charge in [0, 0.05) is 6.42 Å². The van der Waals surface area contributed by atoms with Gasteiger partial charge in [0.05, 0.1) is 31.7 Å². The molecule has 0 saturated carbocycles. The Balaban J connectivity index is 1.90. The summed E-state index contributed by atoms with van der Waals surface area (Å²) in [5, 5.41) is 0.606. The van der Waals surface area contributed by atoms with Crippen molar-refractivity contribution in [1.82, 2.24) is 9.66 Å². The molecule has 6 heteroatoms. The molecule has 0 aliphatic carbocycles. The molecule has 0 bridgehead atoms. The number of aromatic nitrogens is 2. The molecule has 4 rings (SSSR count). The predicted octanol–water partition coefficient (Wildman–Crippen LogP) is 2.06. The highest BCUT2D eigenvalue weighted by atomic mass is 16.5. The third kappa shape index (κ3) is 2.19. The van der Waals surface area contributed by atoms with Crippen molar-refractivity contribution >= 4 is 10.9 Å². The summed E-state index contributed by atoms with van der Waals surface area (Å²) in [5.41, 5.74) is 5.92.